The Hall–Kier alpha value is -1.52. The van der Waals surface area contributed by atoms with E-state index in [-0.39, 0.29) is 29.0 Å². The van der Waals surface area contributed by atoms with Gasteiger partial charge in [-0.3, -0.25) is 9.89 Å². The second-order valence-electron chi connectivity index (χ2n) is 11.2. The number of nitrogens with zero attached hydrogens (tertiary/aromatic N) is 3. The first-order valence-corrected chi connectivity index (χ1v) is 10.8. The molecule has 2 saturated heterocycles. The molecule has 3 heterocycles. The molecule has 0 radical (unpaired) electrons. The molecular weight excluding hydrogens is 350 g/mol. The largest absolute Gasteiger partial charge is 0.448 e. The summed E-state index contributed by atoms with van der Waals surface area (Å²) in [5, 5.41) is 0. The average molecular weight is 390 g/mol. The second kappa shape index (κ2) is 7.07. The molecule has 0 aromatic rings. The molecule has 3 unspecified atom stereocenters. The van der Waals surface area contributed by atoms with E-state index in [1.54, 1.807) is 0 Å². The zero-order chi connectivity index (χ0) is 21.0. The fourth-order valence-electron chi connectivity index (χ4n) is 4.71. The number of ether oxygens (including phenoxy) is 1. The number of amidine groups is 1. The number of cyclic esters (lactones) is 1. The highest BCUT2D eigenvalue weighted by Gasteiger charge is 2.47. The summed E-state index contributed by atoms with van der Waals surface area (Å²) in [7, 11) is 0. The molecule has 0 saturated carbocycles. The van der Waals surface area contributed by atoms with E-state index >= 15 is 0 Å². The van der Waals surface area contributed by atoms with Crippen LogP contribution in [0.4, 0.5) is 4.79 Å². The van der Waals surface area contributed by atoms with Crippen molar-refractivity contribution in [2.45, 2.75) is 80.8 Å². The number of aliphatic imine (C=N–C) groups is 1. The topological polar surface area (TPSA) is 45.1 Å². The Bertz CT molecular complexity index is 694. The Labute approximate surface area is 171 Å². The molecule has 3 atom stereocenters. The van der Waals surface area contributed by atoms with Gasteiger partial charge in [0.15, 0.2) is 0 Å². The van der Waals surface area contributed by atoms with Gasteiger partial charge in [-0.15, -0.1) is 0 Å². The van der Waals surface area contributed by atoms with Gasteiger partial charge in [0, 0.05) is 24.6 Å². The summed E-state index contributed by atoms with van der Waals surface area (Å²) in [6, 6.07) is 0.338. The van der Waals surface area contributed by atoms with E-state index in [9.17, 15) is 4.79 Å². The molecule has 5 heteroatoms. The lowest BCUT2D eigenvalue weighted by Gasteiger charge is -2.44. The van der Waals surface area contributed by atoms with Crippen LogP contribution in [0.2, 0.25) is 0 Å². The maximum atomic E-state index is 12.2. The lowest BCUT2D eigenvalue weighted by Crippen LogP contribution is -2.46. The van der Waals surface area contributed by atoms with Crippen molar-refractivity contribution < 1.29 is 9.53 Å². The molecule has 0 spiro atoms. The highest BCUT2D eigenvalue weighted by molar-refractivity contribution is 5.88. The molecule has 0 aliphatic carbocycles. The smallest absolute Gasteiger partial charge is 0.410 e. The third-order valence-corrected chi connectivity index (χ3v) is 6.54. The third-order valence-electron chi connectivity index (χ3n) is 6.54. The lowest BCUT2D eigenvalue weighted by atomic mass is 9.70. The minimum absolute atomic E-state index is 0.0298. The van der Waals surface area contributed by atoms with Crippen molar-refractivity contribution in [3.63, 3.8) is 0 Å². The predicted molar refractivity (Wildman–Crippen MR) is 114 cm³/mol. The number of hydrogen-bond donors (Lipinski definition) is 0. The molecule has 1 amide bonds. The number of rotatable bonds is 3. The van der Waals surface area contributed by atoms with E-state index in [1.165, 1.54) is 17.1 Å². The summed E-state index contributed by atoms with van der Waals surface area (Å²) in [5.74, 6) is 2.10. The van der Waals surface area contributed by atoms with Gasteiger partial charge < -0.3 is 9.64 Å². The quantitative estimate of drug-likeness (QED) is 0.687. The Morgan fingerprint density at radius 3 is 2.21 bits per heavy atom. The highest BCUT2D eigenvalue weighted by Crippen LogP contribution is 2.47. The summed E-state index contributed by atoms with van der Waals surface area (Å²) in [4.78, 5) is 22.0. The first-order valence-electron chi connectivity index (χ1n) is 10.8. The van der Waals surface area contributed by atoms with Crippen LogP contribution < -0.4 is 0 Å². The monoisotopic (exact) mass is 389 g/mol. The molecule has 0 aromatic heterocycles. The van der Waals surface area contributed by atoms with Crippen molar-refractivity contribution in [2.24, 2.45) is 27.7 Å². The molecule has 5 nitrogen and oxygen atoms in total. The number of carbonyl (C=O) groups excluding carboxylic acids is 1. The van der Waals surface area contributed by atoms with E-state index in [0.717, 1.165) is 13.0 Å². The van der Waals surface area contributed by atoms with Crippen LogP contribution in [0.1, 0.15) is 68.7 Å². The molecule has 0 aromatic carbocycles. The van der Waals surface area contributed by atoms with E-state index in [1.807, 2.05) is 4.90 Å². The van der Waals surface area contributed by atoms with Crippen molar-refractivity contribution in [3.05, 3.63) is 11.3 Å². The van der Waals surface area contributed by atoms with Crippen LogP contribution in [0, 0.1) is 22.7 Å². The Balaban J connectivity index is 2.10. The second-order valence-corrected chi connectivity index (χ2v) is 11.2. The van der Waals surface area contributed by atoms with Crippen molar-refractivity contribution >= 4 is 11.9 Å². The van der Waals surface area contributed by atoms with Gasteiger partial charge in [-0.05, 0) is 22.3 Å². The molecular formula is C23H39N3O2. The van der Waals surface area contributed by atoms with Crippen LogP contribution in [0.25, 0.3) is 0 Å². The van der Waals surface area contributed by atoms with Crippen molar-refractivity contribution in [1.29, 1.82) is 0 Å². The van der Waals surface area contributed by atoms with Crippen LogP contribution in [-0.4, -0.2) is 53.5 Å². The summed E-state index contributed by atoms with van der Waals surface area (Å²) < 4.78 is 5.24. The van der Waals surface area contributed by atoms with Gasteiger partial charge in [0.2, 0.25) is 0 Å². The summed E-state index contributed by atoms with van der Waals surface area (Å²) in [6.07, 6.45) is 0.739. The summed E-state index contributed by atoms with van der Waals surface area (Å²) >= 11 is 0. The SMILES string of the molecule is CC(C)C(C)C1=NC(C(C)(C)C)C(C(C)(C)C)=C2CC(N3CCOC3=O)CN12. The van der Waals surface area contributed by atoms with Crippen LogP contribution >= 0.6 is 0 Å². The molecule has 3 rings (SSSR count). The van der Waals surface area contributed by atoms with Gasteiger partial charge in [0.05, 0.1) is 18.6 Å². The van der Waals surface area contributed by atoms with Gasteiger partial charge in [0.25, 0.3) is 0 Å². The van der Waals surface area contributed by atoms with Crippen molar-refractivity contribution in [1.82, 2.24) is 9.80 Å². The predicted octanol–water partition coefficient (Wildman–Crippen LogP) is 4.93. The van der Waals surface area contributed by atoms with Gasteiger partial charge >= 0.3 is 6.09 Å². The number of hydrogen-bond acceptors (Lipinski definition) is 4. The van der Waals surface area contributed by atoms with Gasteiger partial charge in [-0.1, -0.05) is 62.3 Å². The summed E-state index contributed by atoms with van der Waals surface area (Å²) in [6.45, 7) is 22.7. The van der Waals surface area contributed by atoms with Gasteiger partial charge in [-0.2, -0.15) is 0 Å². The highest BCUT2D eigenvalue weighted by atomic mass is 16.6. The molecule has 2 fully saturated rings. The van der Waals surface area contributed by atoms with Gasteiger partial charge in [0.1, 0.15) is 12.4 Å². The van der Waals surface area contributed by atoms with Crippen LogP contribution in [0.5, 0.6) is 0 Å². The minimum Gasteiger partial charge on any atom is -0.448 e. The Morgan fingerprint density at radius 1 is 1.11 bits per heavy atom. The minimum atomic E-state index is -0.162. The first kappa shape index (κ1) is 21.2. The standard InChI is InChI=1S/C23H39N3O2/c1-14(2)15(3)20-24-19(23(7,8)9)18(22(4,5)6)17-12-16(13-26(17)20)25-10-11-28-21(25)27/h14-16,19H,10-13H2,1-9H3. The third kappa shape index (κ3) is 3.69. The van der Waals surface area contributed by atoms with Crippen LogP contribution in [-0.2, 0) is 4.74 Å². The number of carbonyl (C=O) groups is 1. The molecule has 3 aliphatic rings. The molecule has 3 aliphatic heterocycles. The maximum absolute atomic E-state index is 12.2. The van der Waals surface area contributed by atoms with Gasteiger partial charge in [-0.25, -0.2) is 4.79 Å². The maximum Gasteiger partial charge on any atom is 0.410 e. The van der Waals surface area contributed by atoms with Crippen molar-refractivity contribution in [2.75, 3.05) is 19.7 Å². The first-order chi connectivity index (χ1) is 12.8. The average Bonchev–Trinajstić information content (AvgIpc) is 3.16. The zero-order valence-electron chi connectivity index (χ0n) is 19.3. The van der Waals surface area contributed by atoms with Crippen molar-refractivity contribution in [3.8, 4) is 0 Å². The van der Waals surface area contributed by atoms with E-state index in [2.05, 4.69) is 67.2 Å². The normalized spacial score (nSPS) is 27.4. The lowest BCUT2D eigenvalue weighted by molar-refractivity contribution is 0.149. The van der Waals surface area contributed by atoms with E-state index in [4.69, 9.17) is 9.73 Å². The Morgan fingerprint density at radius 2 is 1.75 bits per heavy atom. The molecule has 28 heavy (non-hydrogen) atoms. The van der Waals surface area contributed by atoms with E-state index < -0.39 is 0 Å². The van der Waals surface area contributed by atoms with E-state index in [0.29, 0.717) is 25.0 Å². The van der Waals surface area contributed by atoms with Crippen LogP contribution in [0.15, 0.2) is 16.3 Å². The molecule has 158 valence electrons. The summed E-state index contributed by atoms with van der Waals surface area (Å²) in [5.41, 5.74) is 2.92. The molecule has 0 bridgehead atoms. The fourth-order valence-corrected chi connectivity index (χ4v) is 4.71. The Kier molecular flexibility index (Phi) is 5.35. The number of amides is 1. The molecule has 0 N–H and O–H groups in total. The zero-order valence-corrected chi connectivity index (χ0v) is 19.3. The fraction of sp³-hybridized carbons (Fsp3) is 0.826. The number of fused-ring (bicyclic) bond motifs is 1. The van der Waals surface area contributed by atoms with Crippen LogP contribution in [0.3, 0.4) is 0 Å².